The molecule has 0 radical (unpaired) electrons. The molecule has 1 fully saturated rings. The number of carbonyl (C=O) groups excluding carboxylic acids is 2. The van der Waals surface area contributed by atoms with Crippen molar-refractivity contribution in [1.29, 1.82) is 0 Å². The van der Waals surface area contributed by atoms with E-state index < -0.39 is 47.1 Å². The van der Waals surface area contributed by atoms with Crippen molar-refractivity contribution in [1.82, 2.24) is 10.6 Å². The minimum absolute atomic E-state index is 0.214. The van der Waals surface area contributed by atoms with E-state index in [0.29, 0.717) is 0 Å². The molecule has 1 aliphatic rings. The summed E-state index contributed by atoms with van der Waals surface area (Å²) in [7, 11) is -2.59. The van der Waals surface area contributed by atoms with Crippen molar-refractivity contribution in [3.8, 4) is 0 Å². The van der Waals surface area contributed by atoms with Crippen molar-refractivity contribution < 1.29 is 23.2 Å². The number of carbonyl (C=O) groups is 2. The Morgan fingerprint density at radius 3 is 1.66 bits per heavy atom. The Bertz CT molecular complexity index is 586. The summed E-state index contributed by atoms with van der Waals surface area (Å²) in [6.07, 6.45) is -2.30. The second-order valence-corrected chi connectivity index (χ2v) is 18.3. The van der Waals surface area contributed by atoms with Crippen molar-refractivity contribution in [2.45, 2.75) is 115 Å². The van der Waals surface area contributed by atoms with Crippen LogP contribution in [-0.2, 0) is 23.2 Å². The highest BCUT2D eigenvalue weighted by atomic mass is 28.4. The lowest BCUT2D eigenvalue weighted by Crippen LogP contribution is -2.71. The number of nitrogens with one attached hydrogen (secondary N) is 2. The Morgan fingerprint density at radius 2 is 1.31 bits per heavy atom. The van der Waals surface area contributed by atoms with Crippen molar-refractivity contribution in [3.63, 3.8) is 0 Å². The number of rotatable bonds is 13. The molecule has 1 rings (SSSR count). The molecule has 32 heavy (non-hydrogen) atoms. The molecule has 8 nitrogen and oxygen atoms in total. The lowest BCUT2D eigenvalue weighted by molar-refractivity contribution is -0.181. The van der Waals surface area contributed by atoms with Gasteiger partial charge in [-0.3, -0.25) is 9.59 Å². The molecule has 0 aromatic rings. The van der Waals surface area contributed by atoms with Gasteiger partial charge in [-0.1, -0.05) is 41.5 Å². The molecule has 0 aromatic heterocycles. The number of ether oxygens (including phenoxy) is 1. The van der Waals surface area contributed by atoms with E-state index in [9.17, 15) is 9.59 Å². The monoisotopic (exact) mass is 489 g/mol. The molecule has 0 unspecified atom stereocenters. The highest BCUT2D eigenvalue weighted by Gasteiger charge is 2.53. The van der Waals surface area contributed by atoms with E-state index in [4.69, 9.17) is 19.3 Å². The van der Waals surface area contributed by atoms with Gasteiger partial charge in [-0.25, -0.2) is 0 Å². The SMILES string of the molecule is CC[Si](CC)(CC)O[C@@H]1[C@@H](O[Si](CC)(CC)CC)[C@H](NC(C)=O)[C@H](C(=O)NC)O[C@@H]1CN. The van der Waals surface area contributed by atoms with E-state index in [1.807, 2.05) is 0 Å². The van der Waals surface area contributed by atoms with Crippen molar-refractivity contribution in [2.24, 2.45) is 5.73 Å². The van der Waals surface area contributed by atoms with E-state index in [-0.39, 0.29) is 18.4 Å². The first-order chi connectivity index (χ1) is 15.1. The van der Waals surface area contributed by atoms with Crippen LogP contribution in [0, 0.1) is 0 Å². The summed E-state index contributed by atoms with van der Waals surface area (Å²) in [5, 5.41) is 5.65. The van der Waals surface area contributed by atoms with Crippen LogP contribution in [-0.4, -0.2) is 72.5 Å². The number of hydrogen-bond acceptors (Lipinski definition) is 6. The van der Waals surface area contributed by atoms with Gasteiger partial charge < -0.3 is 30.0 Å². The van der Waals surface area contributed by atoms with Crippen LogP contribution in [0.25, 0.3) is 0 Å². The first-order valence-corrected chi connectivity index (χ1v) is 17.4. The largest absolute Gasteiger partial charge is 0.409 e. The summed E-state index contributed by atoms with van der Waals surface area (Å²) >= 11 is 0. The predicted octanol–water partition coefficient (Wildman–Crippen LogP) is 2.74. The molecule has 0 saturated carbocycles. The second kappa shape index (κ2) is 13.2. The van der Waals surface area contributed by atoms with Gasteiger partial charge in [0.25, 0.3) is 5.91 Å². The predicted molar refractivity (Wildman–Crippen MR) is 134 cm³/mol. The van der Waals surface area contributed by atoms with Gasteiger partial charge in [0.05, 0.1) is 24.4 Å². The first kappa shape index (κ1) is 29.2. The van der Waals surface area contributed by atoms with Crippen LogP contribution in [0.3, 0.4) is 0 Å². The van der Waals surface area contributed by atoms with Crippen LogP contribution in [0.15, 0.2) is 0 Å². The van der Waals surface area contributed by atoms with Crippen LogP contribution in [0.4, 0.5) is 0 Å². The van der Waals surface area contributed by atoms with Crippen molar-refractivity contribution in [3.05, 3.63) is 0 Å². The molecule has 10 heteroatoms. The van der Waals surface area contributed by atoms with E-state index in [1.165, 1.54) is 6.92 Å². The first-order valence-electron chi connectivity index (χ1n) is 12.4. The maximum Gasteiger partial charge on any atom is 0.251 e. The van der Waals surface area contributed by atoms with E-state index >= 15 is 0 Å². The van der Waals surface area contributed by atoms with Crippen LogP contribution < -0.4 is 16.4 Å². The molecule has 5 atom stereocenters. The summed E-state index contributed by atoms with van der Waals surface area (Å²) in [4.78, 5) is 25.0. The maximum absolute atomic E-state index is 12.8. The minimum Gasteiger partial charge on any atom is -0.409 e. The fourth-order valence-corrected chi connectivity index (χ4v) is 10.5. The van der Waals surface area contributed by atoms with Gasteiger partial charge in [-0.15, -0.1) is 0 Å². The quantitative estimate of drug-likeness (QED) is 0.343. The fourth-order valence-electron chi connectivity index (χ4n) is 4.75. The third-order valence-corrected chi connectivity index (χ3v) is 16.7. The third kappa shape index (κ3) is 6.63. The second-order valence-electron chi connectivity index (χ2n) is 8.82. The summed E-state index contributed by atoms with van der Waals surface area (Å²) in [6, 6.07) is 5.13. The Balaban J connectivity index is 3.61. The Labute approximate surface area is 197 Å². The number of hydrogen-bond donors (Lipinski definition) is 3. The number of likely N-dealkylation sites (N-methyl/N-ethyl adjacent to an activating group) is 1. The zero-order valence-electron chi connectivity index (χ0n) is 21.5. The average Bonchev–Trinajstić information content (AvgIpc) is 2.81. The van der Waals surface area contributed by atoms with Crippen LogP contribution >= 0.6 is 0 Å². The molecular weight excluding hydrogens is 442 g/mol. The summed E-state index contributed by atoms with van der Waals surface area (Å²) in [6.45, 7) is 14.7. The maximum atomic E-state index is 12.8. The molecular formula is C22H47N3O5Si2. The van der Waals surface area contributed by atoms with Gasteiger partial charge in [0, 0.05) is 20.5 Å². The van der Waals surface area contributed by atoms with Gasteiger partial charge in [0.15, 0.2) is 22.7 Å². The Kier molecular flexibility index (Phi) is 12.1. The summed E-state index contributed by atoms with van der Waals surface area (Å²) < 4.78 is 20.2. The smallest absolute Gasteiger partial charge is 0.251 e. The van der Waals surface area contributed by atoms with E-state index in [2.05, 4.69) is 52.2 Å². The molecule has 0 bridgehead atoms. The third-order valence-electron chi connectivity index (χ3n) is 7.44. The van der Waals surface area contributed by atoms with Gasteiger partial charge in [0.2, 0.25) is 5.91 Å². The Morgan fingerprint density at radius 1 is 0.875 bits per heavy atom. The van der Waals surface area contributed by atoms with Gasteiger partial charge >= 0.3 is 0 Å². The summed E-state index contributed by atoms with van der Waals surface area (Å²) in [5.41, 5.74) is 6.16. The fraction of sp³-hybridized carbons (Fsp3) is 0.909. The molecule has 2 amide bonds. The van der Waals surface area contributed by atoms with Crippen LogP contribution in [0.2, 0.25) is 36.3 Å². The number of amides is 2. The van der Waals surface area contributed by atoms with Crippen LogP contribution in [0.5, 0.6) is 0 Å². The number of nitrogens with two attached hydrogens (primary N) is 1. The zero-order valence-corrected chi connectivity index (χ0v) is 23.5. The van der Waals surface area contributed by atoms with E-state index in [0.717, 1.165) is 36.3 Å². The normalized spacial score (nSPS) is 26.6. The molecule has 1 heterocycles. The van der Waals surface area contributed by atoms with Crippen LogP contribution in [0.1, 0.15) is 48.5 Å². The van der Waals surface area contributed by atoms with Gasteiger partial charge in [-0.2, -0.15) is 0 Å². The van der Waals surface area contributed by atoms with Gasteiger partial charge in [0.1, 0.15) is 0 Å². The molecule has 4 N–H and O–H groups in total. The highest BCUT2D eigenvalue weighted by molar-refractivity contribution is 6.74. The molecule has 0 aliphatic carbocycles. The molecule has 1 saturated heterocycles. The lowest BCUT2D eigenvalue weighted by Gasteiger charge is -2.51. The van der Waals surface area contributed by atoms with E-state index in [1.54, 1.807) is 7.05 Å². The Hall–Kier alpha value is -0.786. The lowest BCUT2D eigenvalue weighted by atomic mass is 9.92. The minimum atomic E-state index is -2.11. The zero-order chi connectivity index (χ0) is 24.5. The van der Waals surface area contributed by atoms with Crippen molar-refractivity contribution >= 4 is 28.4 Å². The topological polar surface area (TPSA) is 112 Å². The molecule has 0 aromatic carbocycles. The molecule has 0 spiro atoms. The summed E-state index contributed by atoms with van der Waals surface area (Å²) in [5.74, 6) is -0.524. The standard InChI is InChI=1S/C22H47N3O5Si2/c1-9-31(10-2,11-3)29-19-17(15-23)28-21(22(27)24-8)18(25-16(7)26)20(19)30-32(12-4,13-5)14-6/h17-21H,9-15,23H2,1-8H3,(H,24,27)(H,25,26)/t17-,18+,19+,20+,21-/m1/s1. The molecule has 188 valence electrons. The van der Waals surface area contributed by atoms with Crippen molar-refractivity contribution in [2.75, 3.05) is 13.6 Å². The van der Waals surface area contributed by atoms with Gasteiger partial charge in [-0.05, 0) is 36.3 Å². The molecule has 1 aliphatic heterocycles. The highest BCUT2D eigenvalue weighted by Crippen LogP contribution is 2.35. The average molecular weight is 490 g/mol.